The lowest BCUT2D eigenvalue weighted by molar-refractivity contribution is -0.879. The van der Waals surface area contributed by atoms with E-state index in [1.54, 1.807) is 4.90 Å². The van der Waals surface area contributed by atoms with Crippen LogP contribution in [-0.2, 0) is 5.60 Å². The minimum Gasteiger partial charge on any atom is -0.384 e. The molecule has 0 radical (unpaired) electrons. The molecule has 21 heavy (non-hydrogen) atoms. The van der Waals surface area contributed by atoms with Crippen LogP contribution in [0.3, 0.4) is 0 Å². The molecule has 2 N–H and O–H groups in total. The van der Waals surface area contributed by atoms with E-state index >= 15 is 0 Å². The molecule has 1 aliphatic heterocycles. The molecule has 1 atom stereocenters. The molecular formula is C19H28NO+. The standard InChI is InChI=1S/C19H27NO/c1-18(2,3)19(21,17-11-5-4-6-12-17)13-7-8-14-20-15-9-10-16-20/h4-6,11-12,21H,9-10,13-16H2,1-3H3/p+1/t19-/m1/s1. The molecule has 1 aliphatic rings. The molecule has 1 heterocycles. The van der Waals surface area contributed by atoms with Crippen LogP contribution >= 0.6 is 0 Å². The van der Waals surface area contributed by atoms with Crippen LogP contribution in [0.4, 0.5) is 0 Å². The maximum Gasteiger partial charge on any atom is 0.139 e. The molecule has 1 aromatic rings. The van der Waals surface area contributed by atoms with Crippen LogP contribution < -0.4 is 4.90 Å². The molecule has 2 rings (SSSR count). The van der Waals surface area contributed by atoms with Gasteiger partial charge in [0.2, 0.25) is 0 Å². The molecule has 2 nitrogen and oxygen atoms in total. The van der Waals surface area contributed by atoms with E-state index in [9.17, 15) is 5.11 Å². The van der Waals surface area contributed by atoms with Crippen molar-refractivity contribution in [1.29, 1.82) is 0 Å². The lowest BCUT2D eigenvalue weighted by Gasteiger charge is -2.39. The lowest BCUT2D eigenvalue weighted by atomic mass is 9.70. The SMILES string of the molecule is CC(C)(C)[C@@](O)(CC#CC[NH+]1CCCC1)c1ccccc1. The molecule has 1 fully saturated rings. The predicted octanol–water partition coefficient (Wildman–Crippen LogP) is 1.99. The van der Waals surface area contributed by atoms with Gasteiger partial charge < -0.3 is 10.0 Å². The monoisotopic (exact) mass is 286 g/mol. The van der Waals surface area contributed by atoms with Crippen molar-refractivity contribution in [3.63, 3.8) is 0 Å². The van der Waals surface area contributed by atoms with Gasteiger partial charge in [0.25, 0.3) is 0 Å². The Morgan fingerprint density at radius 3 is 2.24 bits per heavy atom. The quantitative estimate of drug-likeness (QED) is 0.816. The summed E-state index contributed by atoms with van der Waals surface area (Å²) in [6.07, 6.45) is 3.15. The van der Waals surface area contributed by atoms with Crippen LogP contribution in [0.5, 0.6) is 0 Å². The Morgan fingerprint density at radius 2 is 1.67 bits per heavy atom. The van der Waals surface area contributed by atoms with Crippen molar-refractivity contribution < 1.29 is 10.0 Å². The van der Waals surface area contributed by atoms with Crippen molar-refractivity contribution in [2.75, 3.05) is 19.6 Å². The summed E-state index contributed by atoms with van der Waals surface area (Å²) >= 11 is 0. The van der Waals surface area contributed by atoms with Gasteiger partial charge in [0.05, 0.1) is 13.1 Å². The maximum atomic E-state index is 11.2. The van der Waals surface area contributed by atoms with E-state index in [-0.39, 0.29) is 5.41 Å². The Hall–Kier alpha value is -1.30. The summed E-state index contributed by atoms with van der Waals surface area (Å²) in [5.41, 5.74) is -0.189. The molecule has 0 spiro atoms. The van der Waals surface area contributed by atoms with Gasteiger partial charge in [0.15, 0.2) is 0 Å². The Morgan fingerprint density at radius 1 is 1.05 bits per heavy atom. The van der Waals surface area contributed by atoms with E-state index in [0.717, 1.165) is 12.1 Å². The Labute approximate surface area is 129 Å². The first kappa shape index (κ1) is 16.1. The number of rotatable bonds is 3. The highest BCUT2D eigenvalue weighted by Crippen LogP contribution is 2.41. The van der Waals surface area contributed by atoms with Crippen LogP contribution in [0.25, 0.3) is 0 Å². The molecule has 1 aromatic carbocycles. The molecule has 2 heteroatoms. The predicted molar refractivity (Wildman–Crippen MR) is 87.0 cm³/mol. The lowest BCUT2D eigenvalue weighted by Crippen LogP contribution is -3.09. The summed E-state index contributed by atoms with van der Waals surface area (Å²) in [7, 11) is 0. The highest BCUT2D eigenvalue weighted by molar-refractivity contribution is 5.27. The average molecular weight is 286 g/mol. The van der Waals surface area contributed by atoms with Gasteiger partial charge >= 0.3 is 0 Å². The van der Waals surface area contributed by atoms with E-state index in [2.05, 4.69) is 32.6 Å². The van der Waals surface area contributed by atoms with Gasteiger partial charge in [-0.3, -0.25) is 0 Å². The molecular weight excluding hydrogens is 258 g/mol. The maximum absolute atomic E-state index is 11.2. The third-order valence-electron chi connectivity index (χ3n) is 4.61. The van der Waals surface area contributed by atoms with Crippen molar-refractivity contribution in [1.82, 2.24) is 0 Å². The fourth-order valence-corrected chi connectivity index (χ4v) is 2.94. The second-order valence-electron chi connectivity index (χ2n) is 7.14. The normalized spacial score (nSPS) is 18.9. The van der Waals surface area contributed by atoms with Crippen molar-refractivity contribution in [2.24, 2.45) is 5.41 Å². The zero-order valence-electron chi connectivity index (χ0n) is 13.6. The van der Waals surface area contributed by atoms with E-state index in [1.807, 2.05) is 30.3 Å². The summed E-state index contributed by atoms with van der Waals surface area (Å²) in [5, 5.41) is 11.2. The van der Waals surface area contributed by atoms with Crippen LogP contribution in [0.1, 0.15) is 45.6 Å². The third-order valence-corrected chi connectivity index (χ3v) is 4.61. The van der Waals surface area contributed by atoms with Gasteiger partial charge in [-0.25, -0.2) is 0 Å². The number of hydrogen-bond acceptors (Lipinski definition) is 1. The molecule has 0 amide bonds. The Kier molecular flexibility index (Phi) is 5.08. The first-order chi connectivity index (χ1) is 9.93. The number of quaternary nitrogens is 1. The first-order valence-electron chi connectivity index (χ1n) is 8.01. The summed E-state index contributed by atoms with van der Waals surface area (Å²) < 4.78 is 0. The van der Waals surface area contributed by atoms with Crippen LogP contribution in [0.2, 0.25) is 0 Å². The molecule has 0 aliphatic carbocycles. The zero-order valence-corrected chi connectivity index (χ0v) is 13.6. The van der Waals surface area contributed by atoms with Gasteiger partial charge in [-0.2, -0.15) is 0 Å². The summed E-state index contributed by atoms with van der Waals surface area (Å²) in [6.45, 7) is 9.64. The van der Waals surface area contributed by atoms with Crippen LogP contribution in [-0.4, -0.2) is 24.7 Å². The summed E-state index contributed by atoms with van der Waals surface area (Å²) in [6, 6.07) is 9.94. The second kappa shape index (κ2) is 6.64. The third kappa shape index (κ3) is 3.87. The molecule has 0 aromatic heterocycles. The number of hydrogen-bond donors (Lipinski definition) is 2. The fraction of sp³-hybridized carbons (Fsp3) is 0.579. The van der Waals surface area contributed by atoms with Gasteiger partial charge in [-0.05, 0) is 16.9 Å². The summed E-state index contributed by atoms with van der Waals surface area (Å²) in [5.74, 6) is 6.51. The Bertz CT molecular complexity index is 500. The van der Waals surface area contributed by atoms with Gasteiger partial charge in [0.1, 0.15) is 12.1 Å². The molecule has 1 saturated heterocycles. The molecule has 0 saturated carbocycles. The molecule has 0 bridgehead atoms. The van der Waals surface area contributed by atoms with E-state index in [0.29, 0.717) is 6.42 Å². The van der Waals surface area contributed by atoms with Crippen LogP contribution in [0.15, 0.2) is 30.3 Å². The highest BCUT2D eigenvalue weighted by Gasteiger charge is 2.40. The van der Waals surface area contributed by atoms with Crippen molar-refractivity contribution >= 4 is 0 Å². The minimum atomic E-state index is -0.901. The highest BCUT2D eigenvalue weighted by atomic mass is 16.3. The smallest absolute Gasteiger partial charge is 0.139 e. The van der Waals surface area contributed by atoms with E-state index in [1.165, 1.54) is 25.9 Å². The van der Waals surface area contributed by atoms with Crippen molar-refractivity contribution in [2.45, 2.75) is 45.6 Å². The van der Waals surface area contributed by atoms with E-state index < -0.39 is 5.60 Å². The van der Waals surface area contributed by atoms with Gasteiger partial charge in [0, 0.05) is 19.3 Å². The topological polar surface area (TPSA) is 24.7 Å². The first-order valence-corrected chi connectivity index (χ1v) is 8.01. The van der Waals surface area contributed by atoms with Gasteiger partial charge in [-0.1, -0.05) is 57.0 Å². The fourth-order valence-electron chi connectivity index (χ4n) is 2.94. The number of benzene rings is 1. The van der Waals surface area contributed by atoms with Crippen molar-refractivity contribution in [3.05, 3.63) is 35.9 Å². The van der Waals surface area contributed by atoms with Crippen molar-refractivity contribution in [3.8, 4) is 11.8 Å². The Balaban J connectivity index is 2.09. The largest absolute Gasteiger partial charge is 0.384 e. The number of nitrogens with one attached hydrogen (secondary N) is 1. The minimum absolute atomic E-state index is 0.246. The number of likely N-dealkylation sites (tertiary alicyclic amines) is 1. The molecule has 0 unspecified atom stereocenters. The number of aliphatic hydroxyl groups is 1. The average Bonchev–Trinajstić information content (AvgIpc) is 2.96. The molecule has 114 valence electrons. The van der Waals surface area contributed by atoms with E-state index in [4.69, 9.17) is 0 Å². The summed E-state index contributed by atoms with van der Waals surface area (Å²) in [4.78, 5) is 1.58. The zero-order chi connectivity index (χ0) is 15.3. The van der Waals surface area contributed by atoms with Gasteiger partial charge in [-0.15, -0.1) is 0 Å². The second-order valence-corrected chi connectivity index (χ2v) is 7.14. The van der Waals surface area contributed by atoms with Crippen LogP contribution in [0, 0.1) is 17.3 Å².